The molecule has 2 rings (SSSR count). The molecule has 0 bridgehead atoms. The quantitative estimate of drug-likeness (QED) is 0.894. The topological polar surface area (TPSA) is 39.1 Å². The molecule has 0 aliphatic rings. The minimum Gasteiger partial charge on any atom is -0.495 e. The third-order valence-electron chi connectivity index (χ3n) is 3.01. The van der Waals surface area contributed by atoms with Gasteiger partial charge in [0.15, 0.2) is 0 Å². The molecule has 0 radical (unpaired) electrons. The molecule has 1 aromatic carbocycles. The Morgan fingerprint density at radius 3 is 2.74 bits per heavy atom. The monoisotopic (exact) mass is 259 g/mol. The Hall–Kier alpha value is -1.97. The Morgan fingerprint density at radius 2 is 2.11 bits per heavy atom. The molecule has 102 valence electrons. The Bertz CT molecular complexity index is 546. The maximum atomic E-state index is 5.34. The molecule has 1 heterocycles. The van der Waals surface area contributed by atoms with E-state index in [1.807, 2.05) is 29.1 Å². The molecule has 0 aliphatic carbocycles. The second kappa shape index (κ2) is 5.78. The fraction of sp³-hybridized carbons (Fsp3) is 0.400. The molecule has 0 fully saturated rings. The SMILES string of the molecule is COc1ccc(C)cc1NCc1ccn(C(C)C)n1. The molecule has 1 N–H and O–H groups in total. The first-order valence-electron chi connectivity index (χ1n) is 6.52. The fourth-order valence-corrected chi connectivity index (χ4v) is 1.91. The van der Waals surface area contributed by atoms with E-state index in [2.05, 4.69) is 37.3 Å². The van der Waals surface area contributed by atoms with E-state index in [1.54, 1.807) is 7.11 Å². The number of nitrogens with zero attached hydrogens (tertiary/aromatic N) is 2. The van der Waals surface area contributed by atoms with Crippen LogP contribution in [0.3, 0.4) is 0 Å². The van der Waals surface area contributed by atoms with Gasteiger partial charge in [-0.15, -0.1) is 0 Å². The highest BCUT2D eigenvalue weighted by atomic mass is 16.5. The molecule has 0 saturated heterocycles. The summed E-state index contributed by atoms with van der Waals surface area (Å²) in [7, 11) is 1.68. The van der Waals surface area contributed by atoms with Gasteiger partial charge in [-0.2, -0.15) is 5.10 Å². The molecule has 0 spiro atoms. The minimum atomic E-state index is 0.391. The normalized spacial score (nSPS) is 10.8. The second-order valence-electron chi connectivity index (χ2n) is 4.94. The molecule has 2 aromatic rings. The van der Waals surface area contributed by atoms with Crippen molar-refractivity contribution in [2.45, 2.75) is 33.4 Å². The van der Waals surface area contributed by atoms with E-state index in [0.29, 0.717) is 12.6 Å². The Balaban J connectivity index is 2.07. The summed E-state index contributed by atoms with van der Waals surface area (Å²) in [5.74, 6) is 0.855. The number of methoxy groups -OCH3 is 1. The van der Waals surface area contributed by atoms with E-state index in [0.717, 1.165) is 17.1 Å². The maximum absolute atomic E-state index is 5.34. The van der Waals surface area contributed by atoms with Gasteiger partial charge in [0.25, 0.3) is 0 Å². The van der Waals surface area contributed by atoms with Crippen molar-refractivity contribution < 1.29 is 4.74 Å². The van der Waals surface area contributed by atoms with Crippen molar-refractivity contribution in [3.05, 3.63) is 41.7 Å². The minimum absolute atomic E-state index is 0.391. The zero-order valence-electron chi connectivity index (χ0n) is 12.0. The number of aromatic nitrogens is 2. The summed E-state index contributed by atoms with van der Waals surface area (Å²) in [5.41, 5.74) is 3.23. The van der Waals surface area contributed by atoms with E-state index in [-0.39, 0.29) is 0 Å². The Morgan fingerprint density at radius 1 is 1.32 bits per heavy atom. The summed E-state index contributed by atoms with van der Waals surface area (Å²) in [6.45, 7) is 7.00. The lowest BCUT2D eigenvalue weighted by atomic mass is 10.2. The van der Waals surface area contributed by atoms with Crippen molar-refractivity contribution in [3.8, 4) is 5.75 Å². The zero-order chi connectivity index (χ0) is 13.8. The van der Waals surface area contributed by atoms with Crippen LogP contribution in [-0.4, -0.2) is 16.9 Å². The number of nitrogens with one attached hydrogen (secondary N) is 1. The van der Waals surface area contributed by atoms with E-state index in [1.165, 1.54) is 5.56 Å². The summed E-state index contributed by atoms with van der Waals surface area (Å²) in [6.07, 6.45) is 2.01. The van der Waals surface area contributed by atoms with Crippen LogP contribution in [0.4, 0.5) is 5.69 Å². The van der Waals surface area contributed by atoms with Gasteiger partial charge in [0.1, 0.15) is 5.75 Å². The zero-order valence-corrected chi connectivity index (χ0v) is 12.0. The van der Waals surface area contributed by atoms with Crippen LogP contribution in [-0.2, 0) is 6.54 Å². The van der Waals surface area contributed by atoms with E-state index < -0.39 is 0 Å². The number of anilines is 1. The predicted octanol–water partition coefficient (Wildman–Crippen LogP) is 3.39. The number of ether oxygens (including phenoxy) is 1. The first-order valence-corrected chi connectivity index (χ1v) is 6.52. The van der Waals surface area contributed by atoms with Crippen molar-refractivity contribution >= 4 is 5.69 Å². The summed E-state index contributed by atoms with van der Waals surface area (Å²) in [4.78, 5) is 0. The third-order valence-corrected chi connectivity index (χ3v) is 3.01. The van der Waals surface area contributed by atoms with Crippen molar-refractivity contribution in [1.29, 1.82) is 0 Å². The molecule has 4 heteroatoms. The van der Waals surface area contributed by atoms with Crippen molar-refractivity contribution in [1.82, 2.24) is 9.78 Å². The van der Waals surface area contributed by atoms with Crippen LogP contribution in [0.5, 0.6) is 5.75 Å². The van der Waals surface area contributed by atoms with Crippen molar-refractivity contribution in [2.75, 3.05) is 12.4 Å². The molecular formula is C15H21N3O. The van der Waals surface area contributed by atoms with Crippen molar-refractivity contribution in [3.63, 3.8) is 0 Å². The third kappa shape index (κ3) is 3.28. The van der Waals surface area contributed by atoms with Gasteiger partial charge in [-0.05, 0) is 44.5 Å². The number of hydrogen-bond acceptors (Lipinski definition) is 3. The lowest BCUT2D eigenvalue weighted by Gasteiger charge is -2.11. The van der Waals surface area contributed by atoms with Gasteiger partial charge >= 0.3 is 0 Å². The van der Waals surface area contributed by atoms with Crippen molar-refractivity contribution in [2.24, 2.45) is 0 Å². The summed E-state index contributed by atoms with van der Waals surface area (Å²) in [6, 6.07) is 8.53. The summed E-state index contributed by atoms with van der Waals surface area (Å²) >= 11 is 0. The maximum Gasteiger partial charge on any atom is 0.141 e. The molecular weight excluding hydrogens is 238 g/mol. The van der Waals surface area contributed by atoms with Gasteiger partial charge in [-0.1, -0.05) is 6.07 Å². The lowest BCUT2D eigenvalue weighted by molar-refractivity contribution is 0.416. The second-order valence-corrected chi connectivity index (χ2v) is 4.94. The van der Waals surface area contributed by atoms with Gasteiger partial charge in [0, 0.05) is 12.2 Å². The molecule has 19 heavy (non-hydrogen) atoms. The number of hydrogen-bond donors (Lipinski definition) is 1. The Kier molecular flexibility index (Phi) is 4.10. The lowest BCUT2D eigenvalue weighted by Crippen LogP contribution is -2.05. The standard InChI is InChI=1S/C15H21N3O/c1-11(2)18-8-7-13(17-18)10-16-14-9-12(3)5-6-15(14)19-4/h5-9,11,16H,10H2,1-4H3. The van der Waals surface area contributed by atoms with Gasteiger partial charge in [-0.25, -0.2) is 0 Å². The summed E-state index contributed by atoms with van der Waals surface area (Å²) < 4.78 is 7.31. The van der Waals surface area contributed by atoms with Crippen LogP contribution < -0.4 is 10.1 Å². The van der Waals surface area contributed by atoms with Gasteiger partial charge < -0.3 is 10.1 Å². The van der Waals surface area contributed by atoms with E-state index in [4.69, 9.17) is 4.74 Å². The number of rotatable bonds is 5. The van der Waals surface area contributed by atoms with Crippen LogP contribution >= 0.6 is 0 Å². The molecule has 1 aromatic heterocycles. The van der Waals surface area contributed by atoms with Gasteiger partial charge in [0.2, 0.25) is 0 Å². The van der Waals surface area contributed by atoms with E-state index in [9.17, 15) is 0 Å². The fourth-order valence-electron chi connectivity index (χ4n) is 1.91. The first kappa shape index (κ1) is 13.5. The average Bonchev–Trinajstić information content (AvgIpc) is 2.85. The first-order chi connectivity index (χ1) is 9.10. The summed E-state index contributed by atoms with van der Waals surface area (Å²) in [5, 5.41) is 7.89. The van der Waals surface area contributed by atoms with Crippen LogP contribution in [0.2, 0.25) is 0 Å². The highest BCUT2D eigenvalue weighted by Gasteiger charge is 2.05. The van der Waals surface area contributed by atoms with Crippen LogP contribution in [0, 0.1) is 6.92 Å². The molecule has 0 unspecified atom stereocenters. The average molecular weight is 259 g/mol. The molecule has 0 atom stereocenters. The molecule has 0 saturated carbocycles. The van der Waals surface area contributed by atoms with Crippen LogP contribution in [0.15, 0.2) is 30.5 Å². The highest BCUT2D eigenvalue weighted by molar-refractivity contribution is 5.58. The van der Waals surface area contributed by atoms with E-state index >= 15 is 0 Å². The molecule has 0 amide bonds. The largest absolute Gasteiger partial charge is 0.495 e. The smallest absolute Gasteiger partial charge is 0.141 e. The number of aryl methyl sites for hydroxylation is 1. The predicted molar refractivity (Wildman–Crippen MR) is 77.7 cm³/mol. The van der Waals surface area contributed by atoms with Gasteiger partial charge in [-0.3, -0.25) is 4.68 Å². The molecule has 0 aliphatic heterocycles. The molecule has 4 nitrogen and oxygen atoms in total. The highest BCUT2D eigenvalue weighted by Crippen LogP contribution is 2.25. The van der Waals surface area contributed by atoms with Crippen LogP contribution in [0.25, 0.3) is 0 Å². The Labute approximate surface area is 114 Å². The van der Waals surface area contributed by atoms with Crippen LogP contribution in [0.1, 0.15) is 31.1 Å². The number of benzene rings is 1. The van der Waals surface area contributed by atoms with Gasteiger partial charge in [0.05, 0.1) is 25.0 Å².